The molecule has 1 N–H and O–H groups in total. The predicted molar refractivity (Wildman–Crippen MR) is 42.3 cm³/mol. The van der Waals surface area contributed by atoms with E-state index in [0.717, 1.165) is 25.4 Å². The standard InChI is InChI=1S/C9H16O2/c10-8-3-1-7(2-4-8)5-9-6-11-9/h7-10H,1-6H2. The number of epoxide rings is 1. The molecule has 1 aliphatic carbocycles. The molecule has 2 rings (SSSR count). The molecule has 1 atom stereocenters. The molecular formula is C9H16O2. The average molecular weight is 156 g/mol. The van der Waals surface area contributed by atoms with Crippen molar-refractivity contribution in [2.24, 2.45) is 5.92 Å². The minimum Gasteiger partial charge on any atom is -0.393 e. The lowest BCUT2D eigenvalue weighted by Crippen LogP contribution is -2.19. The van der Waals surface area contributed by atoms with Crippen molar-refractivity contribution < 1.29 is 9.84 Å². The Hall–Kier alpha value is -0.0800. The third-order valence-corrected chi connectivity index (χ3v) is 2.81. The van der Waals surface area contributed by atoms with Gasteiger partial charge in [0.15, 0.2) is 0 Å². The molecule has 1 heterocycles. The Morgan fingerprint density at radius 1 is 1.18 bits per heavy atom. The van der Waals surface area contributed by atoms with Crippen LogP contribution in [0.4, 0.5) is 0 Å². The van der Waals surface area contributed by atoms with Gasteiger partial charge in [-0.1, -0.05) is 0 Å². The van der Waals surface area contributed by atoms with E-state index in [2.05, 4.69) is 0 Å². The van der Waals surface area contributed by atoms with E-state index in [1.165, 1.54) is 19.3 Å². The van der Waals surface area contributed by atoms with Crippen LogP contribution in [-0.4, -0.2) is 23.9 Å². The Bertz CT molecular complexity index is 124. The van der Waals surface area contributed by atoms with Gasteiger partial charge in [0.2, 0.25) is 0 Å². The van der Waals surface area contributed by atoms with E-state index >= 15 is 0 Å². The minimum absolute atomic E-state index is 0.00799. The second kappa shape index (κ2) is 3.11. The molecular weight excluding hydrogens is 140 g/mol. The van der Waals surface area contributed by atoms with Gasteiger partial charge in [-0.25, -0.2) is 0 Å². The summed E-state index contributed by atoms with van der Waals surface area (Å²) in [6, 6.07) is 0. The first-order chi connectivity index (χ1) is 5.34. The first-order valence-electron chi connectivity index (χ1n) is 4.64. The van der Waals surface area contributed by atoms with Gasteiger partial charge in [-0.3, -0.25) is 0 Å². The molecule has 2 nitrogen and oxygen atoms in total. The fourth-order valence-electron chi connectivity index (χ4n) is 1.96. The lowest BCUT2D eigenvalue weighted by molar-refractivity contribution is 0.104. The number of hydrogen-bond acceptors (Lipinski definition) is 2. The normalized spacial score (nSPS) is 43.9. The van der Waals surface area contributed by atoms with Crippen LogP contribution in [0.2, 0.25) is 0 Å². The highest BCUT2D eigenvalue weighted by atomic mass is 16.6. The molecule has 1 saturated carbocycles. The number of ether oxygens (including phenoxy) is 1. The molecule has 0 amide bonds. The highest BCUT2D eigenvalue weighted by Gasteiger charge is 2.28. The van der Waals surface area contributed by atoms with Gasteiger partial charge in [-0.2, -0.15) is 0 Å². The summed E-state index contributed by atoms with van der Waals surface area (Å²) >= 11 is 0. The van der Waals surface area contributed by atoms with Gasteiger partial charge in [-0.15, -0.1) is 0 Å². The van der Waals surface area contributed by atoms with Gasteiger partial charge in [-0.05, 0) is 38.0 Å². The molecule has 1 saturated heterocycles. The van der Waals surface area contributed by atoms with E-state index in [0.29, 0.717) is 6.10 Å². The van der Waals surface area contributed by atoms with E-state index in [-0.39, 0.29) is 6.10 Å². The second-order valence-electron chi connectivity index (χ2n) is 3.87. The molecule has 0 spiro atoms. The molecule has 0 radical (unpaired) electrons. The lowest BCUT2D eigenvalue weighted by Gasteiger charge is -2.24. The molecule has 2 aliphatic rings. The van der Waals surface area contributed by atoms with Gasteiger partial charge >= 0.3 is 0 Å². The summed E-state index contributed by atoms with van der Waals surface area (Å²) in [5.74, 6) is 0.839. The number of rotatable bonds is 2. The zero-order chi connectivity index (χ0) is 7.68. The highest BCUT2D eigenvalue weighted by Crippen LogP contribution is 2.31. The average Bonchev–Trinajstić information content (AvgIpc) is 2.78. The van der Waals surface area contributed by atoms with Crippen molar-refractivity contribution in [2.45, 2.75) is 44.3 Å². The Morgan fingerprint density at radius 2 is 1.82 bits per heavy atom. The Kier molecular flexibility index (Phi) is 2.14. The molecule has 1 unspecified atom stereocenters. The van der Waals surface area contributed by atoms with Crippen LogP contribution < -0.4 is 0 Å². The first kappa shape index (κ1) is 7.56. The largest absolute Gasteiger partial charge is 0.393 e. The highest BCUT2D eigenvalue weighted by molar-refractivity contribution is 4.78. The summed E-state index contributed by atoms with van der Waals surface area (Å²) in [4.78, 5) is 0. The topological polar surface area (TPSA) is 32.8 Å². The molecule has 64 valence electrons. The van der Waals surface area contributed by atoms with Crippen molar-refractivity contribution in [1.82, 2.24) is 0 Å². The zero-order valence-electron chi connectivity index (χ0n) is 6.83. The van der Waals surface area contributed by atoms with Gasteiger partial charge in [0.05, 0.1) is 18.8 Å². The maximum Gasteiger partial charge on any atom is 0.0812 e. The summed E-state index contributed by atoms with van der Waals surface area (Å²) in [6.07, 6.45) is 6.26. The van der Waals surface area contributed by atoms with Gasteiger partial charge in [0.25, 0.3) is 0 Å². The fraction of sp³-hybridized carbons (Fsp3) is 1.00. The Balaban J connectivity index is 1.69. The van der Waals surface area contributed by atoms with Crippen LogP contribution in [0.3, 0.4) is 0 Å². The van der Waals surface area contributed by atoms with Crippen LogP contribution in [0.1, 0.15) is 32.1 Å². The number of hydrogen-bond donors (Lipinski definition) is 1. The number of aliphatic hydroxyl groups is 1. The van der Waals surface area contributed by atoms with Gasteiger partial charge in [0.1, 0.15) is 0 Å². The van der Waals surface area contributed by atoms with Crippen LogP contribution in [0.5, 0.6) is 0 Å². The second-order valence-corrected chi connectivity index (χ2v) is 3.87. The third-order valence-electron chi connectivity index (χ3n) is 2.81. The van der Waals surface area contributed by atoms with Crippen molar-refractivity contribution in [3.8, 4) is 0 Å². The molecule has 11 heavy (non-hydrogen) atoms. The van der Waals surface area contributed by atoms with Gasteiger partial charge < -0.3 is 9.84 Å². The maximum absolute atomic E-state index is 9.25. The molecule has 0 aromatic heterocycles. The van der Waals surface area contributed by atoms with Crippen molar-refractivity contribution in [1.29, 1.82) is 0 Å². The molecule has 1 aliphatic heterocycles. The number of aliphatic hydroxyl groups excluding tert-OH is 1. The summed E-state index contributed by atoms with van der Waals surface area (Å²) in [6.45, 7) is 0.985. The smallest absolute Gasteiger partial charge is 0.0812 e. The van der Waals surface area contributed by atoms with Crippen LogP contribution in [0.25, 0.3) is 0 Å². The maximum atomic E-state index is 9.25. The Labute approximate surface area is 67.6 Å². The Morgan fingerprint density at radius 3 is 2.36 bits per heavy atom. The van der Waals surface area contributed by atoms with Crippen molar-refractivity contribution in [3.63, 3.8) is 0 Å². The van der Waals surface area contributed by atoms with E-state index in [4.69, 9.17) is 4.74 Å². The molecule has 2 fully saturated rings. The minimum atomic E-state index is -0.00799. The first-order valence-corrected chi connectivity index (χ1v) is 4.64. The molecule has 2 heteroatoms. The summed E-state index contributed by atoms with van der Waals surface area (Å²) in [5, 5.41) is 9.25. The summed E-state index contributed by atoms with van der Waals surface area (Å²) < 4.78 is 5.18. The van der Waals surface area contributed by atoms with E-state index in [1.54, 1.807) is 0 Å². The third kappa shape index (κ3) is 2.17. The van der Waals surface area contributed by atoms with Crippen LogP contribution in [0, 0.1) is 5.92 Å². The van der Waals surface area contributed by atoms with E-state index in [1.807, 2.05) is 0 Å². The van der Waals surface area contributed by atoms with Crippen molar-refractivity contribution >= 4 is 0 Å². The SMILES string of the molecule is OC1CCC(CC2CO2)CC1. The zero-order valence-corrected chi connectivity index (χ0v) is 6.83. The quantitative estimate of drug-likeness (QED) is 0.612. The van der Waals surface area contributed by atoms with Crippen molar-refractivity contribution in [2.75, 3.05) is 6.61 Å². The summed E-state index contributed by atoms with van der Waals surface area (Å²) in [5.41, 5.74) is 0. The molecule has 0 bridgehead atoms. The van der Waals surface area contributed by atoms with Gasteiger partial charge in [0, 0.05) is 0 Å². The predicted octanol–water partition coefficient (Wildman–Crippen LogP) is 1.33. The lowest BCUT2D eigenvalue weighted by atomic mass is 9.85. The fourth-order valence-corrected chi connectivity index (χ4v) is 1.96. The van der Waals surface area contributed by atoms with Crippen LogP contribution in [0.15, 0.2) is 0 Å². The van der Waals surface area contributed by atoms with Crippen LogP contribution >= 0.6 is 0 Å². The molecule has 0 aromatic rings. The van der Waals surface area contributed by atoms with E-state index < -0.39 is 0 Å². The van der Waals surface area contributed by atoms with Crippen molar-refractivity contribution in [3.05, 3.63) is 0 Å². The monoisotopic (exact) mass is 156 g/mol. The van der Waals surface area contributed by atoms with Crippen LogP contribution in [-0.2, 0) is 4.74 Å². The summed E-state index contributed by atoms with van der Waals surface area (Å²) in [7, 11) is 0. The van der Waals surface area contributed by atoms with E-state index in [9.17, 15) is 5.11 Å². The molecule has 0 aromatic carbocycles.